The van der Waals surface area contributed by atoms with Crippen LogP contribution in [0.15, 0.2) is 53.4 Å². The van der Waals surface area contributed by atoms with Crippen molar-refractivity contribution in [3.63, 3.8) is 0 Å². The summed E-state index contributed by atoms with van der Waals surface area (Å²) < 4.78 is 0. The number of rotatable bonds is 7. The highest BCUT2D eigenvalue weighted by Crippen LogP contribution is 2.29. The molecule has 2 aromatic carbocycles. The van der Waals surface area contributed by atoms with Crippen LogP contribution in [0.3, 0.4) is 0 Å². The highest BCUT2D eigenvalue weighted by Gasteiger charge is 2.06. The molecule has 0 aliphatic carbocycles. The van der Waals surface area contributed by atoms with E-state index in [-0.39, 0.29) is 6.61 Å². The number of aliphatic hydroxyl groups is 2. The average Bonchev–Trinajstić information content (AvgIpc) is 2.51. The van der Waals surface area contributed by atoms with Gasteiger partial charge >= 0.3 is 0 Å². The van der Waals surface area contributed by atoms with Gasteiger partial charge in [0, 0.05) is 22.9 Å². The van der Waals surface area contributed by atoms with Crippen LogP contribution in [-0.2, 0) is 5.75 Å². The maximum Gasteiger partial charge on any atom is 0.0942 e. The Kier molecular flexibility index (Phi) is 6.11. The number of thioether (sulfide) groups is 1. The van der Waals surface area contributed by atoms with Crippen molar-refractivity contribution in [2.75, 3.05) is 18.5 Å². The molecule has 0 aliphatic rings. The van der Waals surface area contributed by atoms with Crippen molar-refractivity contribution in [3.05, 3.63) is 59.7 Å². The molecule has 0 spiro atoms. The highest BCUT2D eigenvalue weighted by molar-refractivity contribution is 7.98. The van der Waals surface area contributed by atoms with Crippen LogP contribution in [0.4, 0.5) is 5.69 Å². The lowest BCUT2D eigenvalue weighted by atomic mass is 10.2. The second kappa shape index (κ2) is 8.08. The number of hydrogen-bond acceptors (Lipinski definition) is 4. The van der Waals surface area contributed by atoms with Crippen molar-refractivity contribution in [2.24, 2.45) is 0 Å². The van der Waals surface area contributed by atoms with Crippen LogP contribution in [0.25, 0.3) is 0 Å². The van der Waals surface area contributed by atoms with E-state index in [9.17, 15) is 5.11 Å². The number of anilines is 1. The van der Waals surface area contributed by atoms with E-state index in [0.717, 1.165) is 16.3 Å². The van der Waals surface area contributed by atoms with Gasteiger partial charge in [-0.1, -0.05) is 42.0 Å². The minimum absolute atomic E-state index is 0.231. The van der Waals surface area contributed by atoms with E-state index in [1.54, 1.807) is 11.8 Å². The van der Waals surface area contributed by atoms with Crippen molar-refractivity contribution < 1.29 is 10.2 Å². The molecule has 0 aromatic heterocycles. The molecule has 0 amide bonds. The molecule has 0 bridgehead atoms. The molecular weight excluding hydrogens is 282 g/mol. The van der Waals surface area contributed by atoms with Crippen LogP contribution < -0.4 is 5.32 Å². The van der Waals surface area contributed by atoms with Crippen LogP contribution in [0.1, 0.15) is 11.1 Å². The third kappa shape index (κ3) is 5.08. The zero-order chi connectivity index (χ0) is 15.1. The Balaban J connectivity index is 1.99. The summed E-state index contributed by atoms with van der Waals surface area (Å²) in [5.74, 6) is 0.906. The normalized spacial score (nSPS) is 12.1. The smallest absolute Gasteiger partial charge is 0.0942 e. The van der Waals surface area contributed by atoms with Gasteiger partial charge in [-0.05, 0) is 24.6 Å². The van der Waals surface area contributed by atoms with Gasteiger partial charge in [0.15, 0.2) is 0 Å². The summed E-state index contributed by atoms with van der Waals surface area (Å²) in [5.41, 5.74) is 3.55. The molecule has 3 N–H and O–H groups in total. The molecule has 3 nitrogen and oxygen atoms in total. The lowest BCUT2D eigenvalue weighted by molar-refractivity contribution is 0.105. The van der Waals surface area contributed by atoms with Crippen molar-refractivity contribution in [1.29, 1.82) is 0 Å². The van der Waals surface area contributed by atoms with Crippen LogP contribution in [0, 0.1) is 6.92 Å². The lowest BCUT2D eigenvalue weighted by Crippen LogP contribution is -2.23. The maximum absolute atomic E-state index is 9.43. The van der Waals surface area contributed by atoms with Gasteiger partial charge in [0.05, 0.1) is 12.7 Å². The fourth-order valence-corrected chi connectivity index (χ4v) is 2.97. The van der Waals surface area contributed by atoms with Crippen molar-refractivity contribution in [2.45, 2.75) is 23.7 Å². The van der Waals surface area contributed by atoms with Crippen LogP contribution in [0.5, 0.6) is 0 Å². The Morgan fingerprint density at radius 3 is 2.71 bits per heavy atom. The van der Waals surface area contributed by atoms with E-state index in [0.29, 0.717) is 6.54 Å². The summed E-state index contributed by atoms with van der Waals surface area (Å²) >= 11 is 1.76. The first kappa shape index (κ1) is 15.9. The van der Waals surface area contributed by atoms with E-state index < -0.39 is 6.10 Å². The van der Waals surface area contributed by atoms with Gasteiger partial charge in [0.25, 0.3) is 0 Å². The monoisotopic (exact) mass is 303 g/mol. The van der Waals surface area contributed by atoms with Crippen LogP contribution in [-0.4, -0.2) is 29.5 Å². The first-order valence-electron chi connectivity index (χ1n) is 6.99. The van der Waals surface area contributed by atoms with E-state index in [2.05, 4.69) is 42.6 Å². The first-order valence-corrected chi connectivity index (χ1v) is 7.98. The predicted octanol–water partition coefficient (Wildman–Crippen LogP) is 3.05. The summed E-state index contributed by atoms with van der Waals surface area (Å²) in [6, 6.07) is 16.5. The number of para-hydroxylation sites is 1. The molecule has 0 fully saturated rings. The van der Waals surface area contributed by atoms with Gasteiger partial charge in [0.2, 0.25) is 0 Å². The molecule has 0 saturated heterocycles. The highest BCUT2D eigenvalue weighted by atomic mass is 32.2. The van der Waals surface area contributed by atoms with Gasteiger partial charge in [-0.3, -0.25) is 0 Å². The van der Waals surface area contributed by atoms with Crippen LogP contribution >= 0.6 is 11.8 Å². The maximum atomic E-state index is 9.43. The molecular formula is C17H21NO2S. The Hall–Kier alpha value is -1.49. The van der Waals surface area contributed by atoms with Gasteiger partial charge in [-0.15, -0.1) is 11.8 Å². The molecule has 4 heteroatoms. The molecule has 1 atom stereocenters. The molecule has 112 valence electrons. The molecule has 1 unspecified atom stereocenters. The van der Waals surface area contributed by atoms with Gasteiger partial charge in [-0.25, -0.2) is 0 Å². The zero-order valence-corrected chi connectivity index (χ0v) is 12.9. The fourth-order valence-electron chi connectivity index (χ4n) is 1.99. The number of aliphatic hydroxyl groups excluding tert-OH is 2. The van der Waals surface area contributed by atoms with E-state index >= 15 is 0 Å². The molecule has 21 heavy (non-hydrogen) atoms. The van der Waals surface area contributed by atoms with Crippen molar-refractivity contribution in [1.82, 2.24) is 0 Å². The fraction of sp³-hybridized carbons (Fsp3) is 0.294. The Labute approximate surface area is 130 Å². The molecule has 2 aromatic rings. The molecule has 0 heterocycles. The average molecular weight is 303 g/mol. The summed E-state index contributed by atoms with van der Waals surface area (Å²) in [7, 11) is 0. The second-order valence-electron chi connectivity index (χ2n) is 4.99. The van der Waals surface area contributed by atoms with Crippen LogP contribution in [0.2, 0.25) is 0 Å². The van der Waals surface area contributed by atoms with Crippen molar-refractivity contribution in [3.8, 4) is 0 Å². The Morgan fingerprint density at radius 1 is 1.14 bits per heavy atom. The van der Waals surface area contributed by atoms with E-state index in [4.69, 9.17) is 5.11 Å². The topological polar surface area (TPSA) is 52.5 Å². The number of aryl methyl sites for hydroxylation is 1. The zero-order valence-electron chi connectivity index (χ0n) is 12.1. The summed E-state index contributed by atoms with van der Waals surface area (Å²) in [4.78, 5) is 1.14. The van der Waals surface area contributed by atoms with Gasteiger partial charge < -0.3 is 15.5 Å². The predicted molar refractivity (Wildman–Crippen MR) is 88.8 cm³/mol. The quantitative estimate of drug-likeness (QED) is 0.688. The van der Waals surface area contributed by atoms with E-state index in [1.165, 1.54) is 11.1 Å². The molecule has 0 saturated carbocycles. The molecule has 2 rings (SSSR count). The minimum Gasteiger partial charge on any atom is -0.394 e. The number of nitrogens with one attached hydrogen (secondary N) is 1. The third-order valence-corrected chi connectivity index (χ3v) is 4.25. The third-order valence-electron chi connectivity index (χ3n) is 3.10. The number of benzene rings is 2. The van der Waals surface area contributed by atoms with Gasteiger partial charge in [-0.2, -0.15) is 0 Å². The van der Waals surface area contributed by atoms with E-state index in [1.807, 2.05) is 18.2 Å². The summed E-state index contributed by atoms with van der Waals surface area (Å²) in [6.45, 7) is 2.21. The lowest BCUT2D eigenvalue weighted by Gasteiger charge is -2.14. The SMILES string of the molecule is Cc1cccc(CSc2ccccc2NCC(O)CO)c1. The number of hydrogen-bond donors (Lipinski definition) is 3. The first-order chi connectivity index (χ1) is 10.2. The van der Waals surface area contributed by atoms with Crippen molar-refractivity contribution >= 4 is 17.4 Å². The molecule has 0 radical (unpaired) electrons. The molecule has 0 aliphatic heterocycles. The Bertz CT molecular complexity index is 574. The second-order valence-corrected chi connectivity index (χ2v) is 6.01. The summed E-state index contributed by atoms with van der Waals surface area (Å²) in [5, 5.41) is 21.5. The summed E-state index contributed by atoms with van der Waals surface area (Å²) in [6.07, 6.45) is -0.736. The van der Waals surface area contributed by atoms with Gasteiger partial charge in [0.1, 0.15) is 0 Å². The minimum atomic E-state index is -0.736. The standard InChI is InChI=1S/C17H21NO2S/c1-13-5-4-6-14(9-13)12-21-17-8-3-2-7-16(17)18-10-15(20)11-19/h2-9,15,18-20H,10-12H2,1H3. The Morgan fingerprint density at radius 2 is 1.95 bits per heavy atom. The largest absolute Gasteiger partial charge is 0.394 e.